The number of aromatic nitrogens is 2. The van der Waals surface area contributed by atoms with Crippen molar-refractivity contribution in [1.29, 1.82) is 0 Å². The lowest BCUT2D eigenvalue weighted by molar-refractivity contribution is 0.208. The predicted molar refractivity (Wildman–Crippen MR) is 99.4 cm³/mol. The largest absolute Gasteiger partial charge is 0.381 e. The van der Waals surface area contributed by atoms with E-state index in [0.29, 0.717) is 11.1 Å². The predicted octanol–water partition coefficient (Wildman–Crippen LogP) is 4.43. The Kier molecular flexibility index (Phi) is 4.59. The molecule has 1 aromatic heterocycles. The molecule has 0 radical (unpaired) electrons. The van der Waals surface area contributed by atoms with Crippen LogP contribution in [-0.4, -0.2) is 34.2 Å². The van der Waals surface area contributed by atoms with E-state index >= 15 is 0 Å². The molecule has 0 bridgehead atoms. The maximum Gasteiger partial charge on any atom is 0.124 e. The first-order valence-electron chi connectivity index (χ1n) is 8.53. The van der Waals surface area contributed by atoms with Gasteiger partial charge in [-0.05, 0) is 55.3 Å². The molecule has 2 heterocycles. The van der Waals surface area contributed by atoms with E-state index < -0.39 is 0 Å². The van der Waals surface area contributed by atoms with Crippen molar-refractivity contribution in [2.45, 2.75) is 25.4 Å². The van der Waals surface area contributed by atoms with E-state index in [-0.39, 0.29) is 5.82 Å². The van der Waals surface area contributed by atoms with E-state index in [1.807, 2.05) is 12.3 Å². The average Bonchev–Trinajstić information content (AvgIpc) is 3.05. The fourth-order valence-corrected chi connectivity index (χ4v) is 3.70. The van der Waals surface area contributed by atoms with Gasteiger partial charge in [0.1, 0.15) is 5.82 Å². The highest BCUT2D eigenvalue weighted by molar-refractivity contribution is 6.31. The first-order valence-corrected chi connectivity index (χ1v) is 8.91. The van der Waals surface area contributed by atoms with E-state index in [9.17, 15) is 4.39 Å². The first-order chi connectivity index (χ1) is 12.2. The number of likely N-dealkylation sites (tertiary alicyclic amines) is 1. The van der Waals surface area contributed by atoms with Gasteiger partial charge in [0.05, 0.1) is 11.7 Å². The monoisotopic (exact) mass is 358 g/mol. The molecule has 0 spiro atoms. The van der Waals surface area contributed by atoms with E-state index in [4.69, 9.17) is 11.6 Å². The van der Waals surface area contributed by atoms with Crippen LogP contribution >= 0.6 is 11.6 Å². The van der Waals surface area contributed by atoms with Crippen molar-refractivity contribution < 1.29 is 4.39 Å². The standard InChI is InChI=1S/C19H20ClFN4/c20-18-9-15(21)4-3-13(18)11-25-7-1-2-17(12-25)23-16-5-6-19-14(8-16)10-22-24-19/h3-6,8-10,17,23H,1-2,7,11-12H2,(H,22,24). The number of nitrogens with one attached hydrogen (secondary N) is 2. The molecule has 2 N–H and O–H groups in total. The zero-order valence-corrected chi connectivity index (χ0v) is 14.6. The van der Waals surface area contributed by atoms with Crippen LogP contribution in [0.4, 0.5) is 10.1 Å². The lowest BCUT2D eigenvalue weighted by Crippen LogP contribution is -2.41. The Morgan fingerprint density at radius 2 is 2.20 bits per heavy atom. The molecule has 4 rings (SSSR count). The Balaban J connectivity index is 1.41. The van der Waals surface area contributed by atoms with Gasteiger partial charge >= 0.3 is 0 Å². The van der Waals surface area contributed by atoms with Crippen molar-refractivity contribution in [2.75, 3.05) is 18.4 Å². The van der Waals surface area contributed by atoms with E-state index in [0.717, 1.165) is 54.6 Å². The molecule has 1 aliphatic rings. The highest BCUT2D eigenvalue weighted by Crippen LogP contribution is 2.23. The third-order valence-corrected chi connectivity index (χ3v) is 5.08. The van der Waals surface area contributed by atoms with Crippen molar-refractivity contribution in [1.82, 2.24) is 15.1 Å². The summed E-state index contributed by atoms with van der Waals surface area (Å²) in [5.41, 5.74) is 3.13. The molecular weight excluding hydrogens is 339 g/mol. The molecule has 1 atom stereocenters. The second-order valence-electron chi connectivity index (χ2n) is 6.63. The summed E-state index contributed by atoms with van der Waals surface area (Å²) in [6, 6.07) is 11.3. The van der Waals surface area contributed by atoms with Crippen LogP contribution in [-0.2, 0) is 6.54 Å². The number of hydrogen-bond donors (Lipinski definition) is 2. The quantitative estimate of drug-likeness (QED) is 0.725. The number of hydrogen-bond acceptors (Lipinski definition) is 3. The van der Waals surface area contributed by atoms with Gasteiger partial charge in [0.25, 0.3) is 0 Å². The van der Waals surface area contributed by atoms with Gasteiger partial charge in [0, 0.05) is 35.2 Å². The number of H-pyrrole nitrogens is 1. The lowest BCUT2D eigenvalue weighted by Gasteiger charge is -2.34. The molecule has 1 fully saturated rings. The Labute approximate surface area is 151 Å². The topological polar surface area (TPSA) is 44.0 Å². The van der Waals surface area contributed by atoms with Gasteiger partial charge in [-0.2, -0.15) is 5.10 Å². The summed E-state index contributed by atoms with van der Waals surface area (Å²) in [4.78, 5) is 2.37. The molecule has 0 amide bonds. The minimum Gasteiger partial charge on any atom is -0.381 e. The number of rotatable bonds is 4. The van der Waals surface area contributed by atoms with Gasteiger partial charge in [-0.15, -0.1) is 0 Å². The van der Waals surface area contributed by atoms with Crippen molar-refractivity contribution in [3.8, 4) is 0 Å². The molecule has 25 heavy (non-hydrogen) atoms. The highest BCUT2D eigenvalue weighted by atomic mass is 35.5. The second-order valence-corrected chi connectivity index (χ2v) is 7.03. The molecule has 1 aliphatic heterocycles. The second kappa shape index (κ2) is 7.02. The summed E-state index contributed by atoms with van der Waals surface area (Å²) < 4.78 is 13.2. The van der Waals surface area contributed by atoms with Crippen molar-refractivity contribution >= 4 is 28.2 Å². The molecule has 0 saturated carbocycles. The number of benzene rings is 2. The summed E-state index contributed by atoms with van der Waals surface area (Å²) in [6.45, 7) is 2.72. The fourth-order valence-electron chi connectivity index (χ4n) is 3.48. The summed E-state index contributed by atoms with van der Waals surface area (Å²) in [7, 11) is 0. The highest BCUT2D eigenvalue weighted by Gasteiger charge is 2.20. The van der Waals surface area contributed by atoms with Crippen LogP contribution in [0.2, 0.25) is 5.02 Å². The van der Waals surface area contributed by atoms with Gasteiger partial charge in [-0.3, -0.25) is 10.00 Å². The Hall–Kier alpha value is -2.11. The summed E-state index contributed by atoms with van der Waals surface area (Å²) in [5.74, 6) is -0.290. The van der Waals surface area contributed by atoms with Crippen molar-refractivity contribution in [3.63, 3.8) is 0 Å². The zero-order chi connectivity index (χ0) is 17.2. The minimum atomic E-state index is -0.290. The third kappa shape index (κ3) is 3.78. The number of halogens is 2. The third-order valence-electron chi connectivity index (χ3n) is 4.73. The van der Waals surface area contributed by atoms with Crippen LogP contribution in [0.25, 0.3) is 10.9 Å². The number of anilines is 1. The maximum atomic E-state index is 13.2. The SMILES string of the molecule is Fc1ccc(CN2CCCC(Nc3ccc4[nH]ncc4c3)C2)c(Cl)c1. The van der Waals surface area contributed by atoms with Gasteiger partial charge in [0.2, 0.25) is 0 Å². The summed E-state index contributed by atoms with van der Waals surface area (Å²) >= 11 is 6.17. The molecule has 2 aromatic carbocycles. The maximum absolute atomic E-state index is 13.2. The van der Waals surface area contributed by atoms with Crippen LogP contribution in [0.1, 0.15) is 18.4 Å². The minimum absolute atomic E-state index is 0.290. The first kappa shape index (κ1) is 16.4. The molecule has 1 saturated heterocycles. The number of aromatic amines is 1. The lowest BCUT2D eigenvalue weighted by atomic mass is 10.0. The number of piperidine rings is 1. The number of fused-ring (bicyclic) bond motifs is 1. The van der Waals surface area contributed by atoms with Crippen molar-refractivity contribution in [3.05, 3.63) is 59.0 Å². The fraction of sp³-hybridized carbons (Fsp3) is 0.316. The van der Waals surface area contributed by atoms with E-state index in [1.165, 1.54) is 12.1 Å². The van der Waals surface area contributed by atoms with Crippen LogP contribution in [0, 0.1) is 5.82 Å². The van der Waals surface area contributed by atoms with E-state index in [2.05, 4.69) is 32.5 Å². The zero-order valence-electron chi connectivity index (χ0n) is 13.8. The van der Waals surface area contributed by atoms with Gasteiger partial charge in [0.15, 0.2) is 0 Å². The smallest absolute Gasteiger partial charge is 0.124 e. The van der Waals surface area contributed by atoms with Gasteiger partial charge in [-0.1, -0.05) is 17.7 Å². The molecule has 3 aromatic rings. The summed E-state index contributed by atoms with van der Waals surface area (Å²) in [5, 5.41) is 12.3. The van der Waals surface area contributed by atoms with Crippen molar-refractivity contribution in [2.24, 2.45) is 0 Å². The van der Waals surface area contributed by atoms with Crippen LogP contribution in [0.15, 0.2) is 42.6 Å². The Bertz CT molecular complexity index is 879. The molecule has 6 heteroatoms. The van der Waals surface area contributed by atoms with Crippen LogP contribution in [0.3, 0.4) is 0 Å². The van der Waals surface area contributed by atoms with Crippen LogP contribution < -0.4 is 5.32 Å². The Morgan fingerprint density at radius 1 is 1.28 bits per heavy atom. The van der Waals surface area contributed by atoms with E-state index in [1.54, 1.807) is 6.07 Å². The normalized spacial score (nSPS) is 18.6. The summed E-state index contributed by atoms with van der Waals surface area (Å²) in [6.07, 6.45) is 4.10. The average molecular weight is 359 g/mol. The molecule has 130 valence electrons. The Morgan fingerprint density at radius 3 is 3.08 bits per heavy atom. The van der Waals surface area contributed by atoms with Gasteiger partial charge < -0.3 is 5.32 Å². The molecular formula is C19H20ClFN4. The molecule has 1 unspecified atom stereocenters. The molecule has 0 aliphatic carbocycles. The van der Waals surface area contributed by atoms with Gasteiger partial charge in [-0.25, -0.2) is 4.39 Å². The molecule has 4 nitrogen and oxygen atoms in total. The van der Waals surface area contributed by atoms with Crippen LogP contribution in [0.5, 0.6) is 0 Å². The number of nitrogens with zero attached hydrogens (tertiary/aromatic N) is 2.